The van der Waals surface area contributed by atoms with E-state index in [2.05, 4.69) is 15.4 Å². The normalized spacial score (nSPS) is 12.3. The number of esters is 1. The van der Waals surface area contributed by atoms with E-state index in [0.717, 1.165) is 18.7 Å². The maximum absolute atomic E-state index is 11.8. The van der Waals surface area contributed by atoms with E-state index in [9.17, 15) is 9.59 Å². The van der Waals surface area contributed by atoms with E-state index in [-0.39, 0.29) is 30.7 Å². The lowest BCUT2D eigenvalue weighted by Crippen LogP contribution is -2.26. The number of rotatable bonds is 4. The zero-order valence-electron chi connectivity index (χ0n) is 10.7. The zero-order chi connectivity index (χ0) is 13.0. The molecule has 0 unspecified atom stereocenters. The van der Waals surface area contributed by atoms with Crippen molar-refractivity contribution < 1.29 is 14.3 Å². The van der Waals surface area contributed by atoms with Crippen molar-refractivity contribution in [1.29, 1.82) is 0 Å². The van der Waals surface area contributed by atoms with Gasteiger partial charge in [-0.2, -0.15) is 0 Å². The minimum Gasteiger partial charge on any atom is -0.469 e. The van der Waals surface area contributed by atoms with Crippen molar-refractivity contribution in [2.24, 2.45) is 0 Å². The summed E-state index contributed by atoms with van der Waals surface area (Å²) in [5.74, 6) is -0.484. The summed E-state index contributed by atoms with van der Waals surface area (Å²) in [5.41, 5.74) is 3.03. The van der Waals surface area contributed by atoms with Gasteiger partial charge in [-0.05, 0) is 23.3 Å². The molecule has 0 aromatic heterocycles. The number of nitrogens with one attached hydrogen (secondary N) is 2. The van der Waals surface area contributed by atoms with Gasteiger partial charge in [0.25, 0.3) is 5.91 Å². The molecule has 1 amide bonds. The Kier molecular flexibility index (Phi) is 5.79. The summed E-state index contributed by atoms with van der Waals surface area (Å²) in [6, 6.07) is 5.66. The van der Waals surface area contributed by atoms with Crippen molar-refractivity contribution in [3.63, 3.8) is 0 Å². The molecule has 0 bridgehead atoms. The first-order valence-corrected chi connectivity index (χ1v) is 5.88. The first-order valence-electron chi connectivity index (χ1n) is 5.88. The maximum Gasteiger partial charge on any atom is 0.307 e. The molecule has 5 nitrogen and oxygen atoms in total. The van der Waals surface area contributed by atoms with Crippen LogP contribution in [-0.4, -0.2) is 25.5 Å². The summed E-state index contributed by atoms with van der Waals surface area (Å²) in [4.78, 5) is 22.7. The topological polar surface area (TPSA) is 67.4 Å². The summed E-state index contributed by atoms with van der Waals surface area (Å²) in [7, 11) is 1.33. The molecule has 1 heterocycles. The van der Waals surface area contributed by atoms with Crippen LogP contribution >= 0.6 is 12.4 Å². The number of hydrogen-bond acceptors (Lipinski definition) is 4. The largest absolute Gasteiger partial charge is 0.469 e. The average molecular weight is 285 g/mol. The third-order valence-corrected chi connectivity index (χ3v) is 2.94. The van der Waals surface area contributed by atoms with Crippen molar-refractivity contribution in [1.82, 2.24) is 10.6 Å². The quantitative estimate of drug-likeness (QED) is 0.810. The van der Waals surface area contributed by atoms with Crippen LogP contribution in [-0.2, 0) is 22.6 Å². The van der Waals surface area contributed by atoms with Crippen molar-refractivity contribution in [3.05, 3.63) is 34.9 Å². The van der Waals surface area contributed by atoms with Crippen LogP contribution in [0.25, 0.3) is 0 Å². The number of fused-ring (bicyclic) bond motifs is 1. The highest BCUT2D eigenvalue weighted by atomic mass is 35.5. The molecule has 0 radical (unpaired) electrons. The second kappa shape index (κ2) is 7.11. The highest BCUT2D eigenvalue weighted by Gasteiger charge is 2.13. The number of carbonyl (C=O) groups excluding carboxylic acids is 2. The van der Waals surface area contributed by atoms with Crippen LogP contribution in [0, 0.1) is 0 Å². The van der Waals surface area contributed by atoms with E-state index in [1.54, 1.807) is 6.07 Å². The fourth-order valence-corrected chi connectivity index (χ4v) is 1.92. The van der Waals surface area contributed by atoms with Crippen LogP contribution in [0.2, 0.25) is 0 Å². The van der Waals surface area contributed by atoms with E-state index in [1.165, 1.54) is 12.7 Å². The molecule has 0 fully saturated rings. The zero-order valence-corrected chi connectivity index (χ0v) is 11.5. The Morgan fingerprint density at radius 2 is 2.05 bits per heavy atom. The molecular formula is C13H17ClN2O3. The molecule has 1 aliphatic rings. The molecule has 2 N–H and O–H groups in total. The summed E-state index contributed by atoms with van der Waals surface area (Å²) in [6.07, 6.45) is 0.189. The van der Waals surface area contributed by atoms with Crippen LogP contribution < -0.4 is 10.6 Å². The SMILES string of the molecule is COC(=O)CCNC(=O)c1ccc2c(c1)CNC2.Cl. The predicted molar refractivity (Wildman–Crippen MR) is 73.2 cm³/mol. The van der Waals surface area contributed by atoms with Crippen LogP contribution in [0.1, 0.15) is 27.9 Å². The van der Waals surface area contributed by atoms with Crippen LogP contribution in [0.4, 0.5) is 0 Å². The summed E-state index contributed by atoms with van der Waals surface area (Å²) < 4.78 is 4.50. The van der Waals surface area contributed by atoms with Gasteiger partial charge in [0.15, 0.2) is 0 Å². The lowest BCUT2D eigenvalue weighted by molar-refractivity contribution is -0.140. The number of hydrogen-bond donors (Lipinski definition) is 2. The fourth-order valence-electron chi connectivity index (χ4n) is 1.92. The molecule has 19 heavy (non-hydrogen) atoms. The molecule has 0 saturated carbocycles. The minimum absolute atomic E-state index is 0. The number of amides is 1. The first kappa shape index (κ1) is 15.5. The van der Waals surface area contributed by atoms with Gasteiger partial charge in [-0.25, -0.2) is 0 Å². The molecular weight excluding hydrogens is 268 g/mol. The molecule has 0 saturated heterocycles. The minimum atomic E-state index is -0.326. The number of ether oxygens (including phenoxy) is 1. The fraction of sp³-hybridized carbons (Fsp3) is 0.385. The van der Waals surface area contributed by atoms with Gasteiger partial charge in [-0.3, -0.25) is 9.59 Å². The van der Waals surface area contributed by atoms with Gasteiger partial charge in [0.2, 0.25) is 0 Å². The molecule has 2 rings (SSSR count). The number of carbonyl (C=O) groups is 2. The second-order valence-corrected chi connectivity index (χ2v) is 4.17. The highest BCUT2D eigenvalue weighted by Crippen LogP contribution is 2.16. The van der Waals surface area contributed by atoms with Gasteiger partial charge in [0.1, 0.15) is 0 Å². The Bertz CT molecular complexity index is 477. The molecule has 1 aromatic carbocycles. The van der Waals surface area contributed by atoms with E-state index >= 15 is 0 Å². The Balaban J connectivity index is 0.00000180. The summed E-state index contributed by atoms with van der Waals surface area (Å²) in [6.45, 7) is 1.96. The molecule has 0 spiro atoms. The highest BCUT2D eigenvalue weighted by molar-refractivity contribution is 5.94. The van der Waals surface area contributed by atoms with E-state index < -0.39 is 0 Å². The lowest BCUT2D eigenvalue weighted by atomic mass is 10.1. The second-order valence-electron chi connectivity index (χ2n) is 4.17. The van der Waals surface area contributed by atoms with Gasteiger partial charge < -0.3 is 15.4 Å². The molecule has 0 atom stereocenters. The van der Waals surface area contributed by atoms with Crippen molar-refractivity contribution in [2.45, 2.75) is 19.5 Å². The van der Waals surface area contributed by atoms with Crippen LogP contribution in [0.5, 0.6) is 0 Å². The number of halogens is 1. The average Bonchev–Trinajstić information content (AvgIpc) is 2.85. The summed E-state index contributed by atoms with van der Waals surface area (Å²) >= 11 is 0. The van der Waals surface area contributed by atoms with E-state index in [0.29, 0.717) is 12.1 Å². The van der Waals surface area contributed by atoms with E-state index in [1.807, 2.05) is 12.1 Å². The predicted octanol–water partition coefficient (Wildman–Crippen LogP) is 1.00. The standard InChI is InChI=1S/C13H16N2O3.ClH/c1-18-12(16)4-5-15-13(17)9-2-3-10-7-14-8-11(10)6-9;/h2-3,6,14H,4-5,7-8H2,1H3,(H,15,17);1H. The Morgan fingerprint density at radius 3 is 2.79 bits per heavy atom. The number of benzene rings is 1. The van der Waals surface area contributed by atoms with E-state index in [4.69, 9.17) is 0 Å². The molecule has 0 aliphatic carbocycles. The van der Waals surface area contributed by atoms with Gasteiger partial charge >= 0.3 is 5.97 Å². The molecule has 1 aliphatic heterocycles. The Labute approximate surface area is 118 Å². The number of methoxy groups -OCH3 is 1. The smallest absolute Gasteiger partial charge is 0.307 e. The monoisotopic (exact) mass is 284 g/mol. The lowest BCUT2D eigenvalue weighted by Gasteiger charge is -2.06. The van der Waals surface area contributed by atoms with Gasteiger partial charge in [-0.1, -0.05) is 6.07 Å². The molecule has 1 aromatic rings. The van der Waals surface area contributed by atoms with Gasteiger partial charge in [0, 0.05) is 25.2 Å². The Morgan fingerprint density at radius 1 is 1.32 bits per heavy atom. The molecule has 104 valence electrons. The van der Waals surface area contributed by atoms with Crippen LogP contribution in [0.3, 0.4) is 0 Å². The van der Waals surface area contributed by atoms with Crippen molar-refractivity contribution in [3.8, 4) is 0 Å². The van der Waals surface area contributed by atoms with Crippen molar-refractivity contribution in [2.75, 3.05) is 13.7 Å². The first-order chi connectivity index (χ1) is 8.70. The third-order valence-electron chi connectivity index (χ3n) is 2.94. The molecule has 6 heteroatoms. The third kappa shape index (κ3) is 3.94. The van der Waals surface area contributed by atoms with Gasteiger partial charge in [0.05, 0.1) is 13.5 Å². The van der Waals surface area contributed by atoms with Crippen LogP contribution in [0.15, 0.2) is 18.2 Å². The van der Waals surface area contributed by atoms with Gasteiger partial charge in [-0.15, -0.1) is 12.4 Å². The van der Waals surface area contributed by atoms with Crippen molar-refractivity contribution >= 4 is 24.3 Å². The maximum atomic E-state index is 11.8. The Hall–Kier alpha value is -1.59. The summed E-state index contributed by atoms with van der Waals surface area (Å²) in [5, 5.41) is 5.92.